The molecule has 2 rings (SSSR count). The molecule has 1 aromatic carbocycles. The van der Waals surface area contributed by atoms with Gasteiger partial charge in [-0.15, -0.1) is 0 Å². The van der Waals surface area contributed by atoms with E-state index in [1.165, 1.54) is 10.4 Å². The Kier molecular flexibility index (Phi) is 7.73. The first kappa shape index (κ1) is 24.7. The molecule has 1 heterocycles. The van der Waals surface area contributed by atoms with Crippen LogP contribution in [0.2, 0.25) is 5.02 Å². The smallest absolute Gasteiger partial charge is 0.422 e. The molecule has 0 fully saturated rings. The van der Waals surface area contributed by atoms with Gasteiger partial charge in [-0.2, -0.15) is 17.5 Å². The summed E-state index contributed by atoms with van der Waals surface area (Å²) in [4.78, 5) is 15.9. The molecule has 0 aliphatic rings. The van der Waals surface area contributed by atoms with E-state index in [2.05, 4.69) is 15.0 Å². The van der Waals surface area contributed by atoms with E-state index in [4.69, 9.17) is 11.6 Å². The SMILES string of the molecule is CCN(CC)S(=O)(=O)c1ccc(O)c(NC(=O)c2cnc(OCC(F)(F)F)c(Cl)c2)c1. The second kappa shape index (κ2) is 9.71. The summed E-state index contributed by atoms with van der Waals surface area (Å²) < 4.78 is 67.7. The predicted molar refractivity (Wildman–Crippen MR) is 107 cm³/mol. The second-order valence-corrected chi connectivity index (χ2v) is 8.48. The maximum atomic E-state index is 12.6. The van der Waals surface area contributed by atoms with Crippen molar-refractivity contribution >= 4 is 33.2 Å². The lowest BCUT2D eigenvalue weighted by atomic mass is 10.2. The number of hydrogen-bond acceptors (Lipinski definition) is 6. The summed E-state index contributed by atoms with van der Waals surface area (Å²) in [5.41, 5.74) is -0.340. The van der Waals surface area contributed by atoms with Crippen molar-refractivity contribution in [3.05, 3.63) is 41.0 Å². The lowest BCUT2D eigenvalue weighted by molar-refractivity contribution is -0.154. The number of aromatic nitrogens is 1. The summed E-state index contributed by atoms with van der Waals surface area (Å²) >= 11 is 5.82. The molecule has 31 heavy (non-hydrogen) atoms. The Morgan fingerprint density at radius 3 is 2.45 bits per heavy atom. The highest BCUT2D eigenvalue weighted by Crippen LogP contribution is 2.29. The van der Waals surface area contributed by atoms with Gasteiger partial charge in [0.15, 0.2) is 6.61 Å². The van der Waals surface area contributed by atoms with Crippen molar-refractivity contribution in [1.29, 1.82) is 0 Å². The fourth-order valence-corrected chi connectivity index (χ4v) is 4.19. The van der Waals surface area contributed by atoms with Crippen molar-refractivity contribution < 1.29 is 36.2 Å². The highest BCUT2D eigenvalue weighted by molar-refractivity contribution is 7.89. The molecule has 2 aromatic rings. The van der Waals surface area contributed by atoms with Gasteiger partial charge < -0.3 is 15.2 Å². The molecule has 0 saturated heterocycles. The Bertz CT molecular complexity index is 1060. The molecular weight excluding hydrogens is 463 g/mol. The van der Waals surface area contributed by atoms with Crippen LogP contribution in [0.1, 0.15) is 24.2 Å². The van der Waals surface area contributed by atoms with E-state index in [0.29, 0.717) is 0 Å². The molecule has 170 valence electrons. The maximum Gasteiger partial charge on any atom is 0.422 e. The van der Waals surface area contributed by atoms with E-state index in [1.54, 1.807) is 13.8 Å². The number of benzene rings is 1. The minimum absolute atomic E-state index is 0.142. The van der Waals surface area contributed by atoms with Gasteiger partial charge in [-0.25, -0.2) is 13.4 Å². The number of sulfonamides is 1. The maximum absolute atomic E-state index is 12.6. The molecule has 1 aromatic heterocycles. The largest absolute Gasteiger partial charge is 0.506 e. The molecule has 1 amide bonds. The van der Waals surface area contributed by atoms with E-state index in [0.717, 1.165) is 24.4 Å². The standard InChI is InChI=1S/C18H19ClF3N3O5S/c1-3-25(4-2)31(28,29)12-5-6-15(26)14(8-12)24-16(27)11-7-13(19)17(23-9-11)30-10-18(20,21)22/h5-9,26H,3-4,10H2,1-2H3,(H,24,27). The number of rotatable bonds is 8. The van der Waals surface area contributed by atoms with Crippen LogP contribution in [0.3, 0.4) is 0 Å². The predicted octanol–water partition coefficient (Wildman–Crippen LogP) is 3.66. The highest BCUT2D eigenvalue weighted by atomic mass is 35.5. The zero-order valence-electron chi connectivity index (χ0n) is 16.4. The number of pyridine rings is 1. The number of aromatic hydroxyl groups is 1. The summed E-state index contributed by atoms with van der Waals surface area (Å²) in [6.45, 7) is 2.20. The number of phenols is 1. The zero-order valence-corrected chi connectivity index (χ0v) is 18.0. The number of nitrogens with one attached hydrogen (secondary N) is 1. The molecule has 2 N–H and O–H groups in total. The van der Waals surface area contributed by atoms with Gasteiger partial charge in [-0.3, -0.25) is 4.79 Å². The van der Waals surface area contributed by atoms with E-state index >= 15 is 0 Å². The summed E-state index contributed by atoms with van der Waals surface area (Å²) in [7, 11) is -3.84. The summed E-state index contributed by atoms with van der Waals surface area (Å²) in [5.74, 6) is -1.73. The van der Waals surface area contributed by atoms with Crippen LogP contribution in [-0.4, -0.2) is 54.6 Å². The Morgan fingerprint density at radius 2 is 1.90 bits per heavy atom. The van der Waals surface area contributed by atoms with E-state index in [-0.39, 0.29) is 34.3 Å². The average Bonchev–Trinajstić information content (AvgIpc) is 2.68. The van der Waals surface area contributed by atoms with Crippen LogP contribution in [0.5, 0.6) is 11.6 Å². The molecule has 0 saturated carbocycles. The Labute approximate surface area is 181 Å². The number of alkyl halides is 3. The molecule has 13 heteroatoms. The fraction of sp³-hybridized carbons (Fsp3) is 0.333. The van der Waals surface area contributed by atoms with Crippen molar-refractivity contribution in [2.45, 2.75) is 24.9 Å². The number of phenolic OH excluding ortho intramolecular Hbond substituents is 1. The summed E-state index contributed by atoms with van der Waals surface area (Å²) in [5, 5.41) is 12.0. The van der Waals surface area contributed by atoms with Crippen LogP contribution in [0, 0.1) is 0 Å². The zero-order chi connectivity index (χ0) is 23.4. The molecule has 0 aliphatic carbocycles. The number of amides is 1. The highest BCUT2D eigenvalue weighted by Gasteiger charge is 2.29. The lowest BCUT2D eigenvalue weighted by Crippen LogP contribution is -2.30. The molecule has 0 atom stereocenters. The van der Waals surface area contributed by atoms with Gasteiger partial charge in [0.05, 0.1) is 16.1 Å². The van der Waals surface area contributed by atoms with Crippen LogP contribution >= 0.6 is 11.6 Å². The van der Waals surface area contributed by atoms with Crippen molar-refractivity contribution in [3.63, 3.8) is 0 Å². The summed E-state index contributed by atoms with van der Waals surface area (Å²) in [6.07, 6.45) is -3.66. The fourth-order valence-electron chi connectivity index (χ4n) is 2.49. The molecule has 0 aliphatic heterocycles. The third-order valence-electron chi connectivity index (χ3n) is 4.00. The van der Waals surface area contributed by atoms with Crippen LogP contribution < -0.4 is 10.1 Å². The molecule has 0 spiro atoms. The van der Waals surface area contributed by atoms with Gasteiger partial charge in [0.1, 0.15) is 10.8 Å². The van der Waals surface area contributed by atoms with Crippen LogP contribution in [-0.2, 0) is 10.0 Å². The number of halogens is 4. The molecule has 0 unspecified atom stereocenters. The van der Waals surface area contributed by atoms with Crippen LogP contribution in [0.15, 0.2) is 35.4 Å². The quantitative estimate of drug-likeness (QED) is 0.557. The Hall–Kier alpha value is -2.57. The first-order valence-electron chi connectivity index (χ1n) is 8.88. The molecule has 0 bridgehead atoms. The number of ether oxygens (including phenoxy) is 1. The Balaban J connectivity index is 2.25. The monoisotopic (exact) mass is 481 g/mol. The first-order chi connectivity index (χ1) is 14.4. The minimum atomic E-state index is -4.59. The van der Waals surface area contributed by atoms with Crippen molar-refractivity contribution in [2.24, 2.45) is 0 Å². The van der Waals surface area contributed by atoms with Crippen molar-refractivity contribution in [2.75, 3.05) is 25.0 Å². The van der Waals surface area contributed by atoms with Crippen LogP contribution in [0.4, 0.5) is 18.9 Å². The third kappa shape index (κ3) is 6.21. The van der Waals surface area contributed by atoms with Crippen LogP contribution in [0.25, 0.3) is 0 Å². The number of carbonyl (C=O) groups excluding carboxylic acids is 1. The van der Waals surface area contributed by atoms with Gasteiger partial charge in [0.25, 0.3) is 5.91 Å². The normalized spacial score (nSPS) is 12.1. The Morgan fingerprint density at radius 1 is 1.26 bits per heavy atom. The van der Waals surface area contributed by atoms with E-state index in [1.807, 2.05) is 0 Å². The van der Waals surface area contributed by atoms with E-state index in [9.17, 15) is 31.5 Å². The summed E-state index contributed by atoms with van der Waals surface area (Å²) in [6, 6.07) is 4.44. The van der Waals surface area contributed by atoms with Gasteiger partial charge in [0.2, 0.25) is 15.9 Å². The van der Waals surface area contributed by atoms with Gasteiger partial charge in [0, 0.05) is 19.3 Å². The van der Waals surface area contributed by atoms with Gasteiger partial charge >= 0.3 is 6.18 Å². The molecular formula is C18H19ClF3N3O5S. The molecule has 8 nitrogen and oxygen atoms in total. The average molecular weight is 482 g/mol. The molecule has 0 radical (unpaired) electrons. The third-order valence-corrected chi connectivity index (χ3v) is 6.32. The topological polar surface area (TPSA) is 109 Å². The van der Waals surface area contributed by atoms with Crippen molar-refractivity contribution in [3.8, 4) is 11.6 Å². The number of nitrogens with zero attached hydrogens (tertiary/aromatic N) is 2. The number of hydrogen-bond donors (Lipinski definition) is 2. The first-order valence-corrected chi connectivity index (χ1v) is 10.7. The lowest BCUT2D eigenvalue weighted by Gasteiger charge is -2.19. The van der Waals surface area contributed by atoms with Crippen molar-refractivity contribution in [1.82, 2.24) is 9.29 Å². The van der Waals surface area contributed by atoms with Gasteiger partial charge in [-0.1, -0.05) is 25.4 Å². The van der Waals surface area contributed by atoms with E-state index < -0.39 is 40.3 Å². The minimum Gasteiger partial charge on any atom is -0.506 e. The number of anilines is 1. The second-order valence-electron chi connectivity index (χ2n) is 6.14. The van der Waals surface area contributed by atoms with Gasteiger partial charge in [-0.05, 0) is 24.3 Å². The number of carbonyl (C=O) groups is 1.